The Kier molecular flexibility index (Phi) is 5.06. The molecule has 1 atom stereocenters. The van der Waals surface area contributed by atoms with Crippen molar-refractivity contribution in [1.29, 1.82) is 0 Å². The van der Waals surface area contributed by atoms with Gasteiger partial charge in [-0.25, -0.2) is 0 Å². The van der Waals surface area contributed by atoms with Crippen molar-refractivity contribution in [2.45, 2.75) is 26.4 Å². The molecule has 0 bridgehead atoms. The van der Waals surface area contributed by atoms with Gasteiger partial charge >= 0.3 is 0 Å². The number of ether oxygens (including phenoxy) is 1. The Morgan fingerprint density at radius 1 is 1.14 bits per heavy atom. The van der Waals surface area contributed by atoms with E-state index in [1.807, 2.05) is 38.1 Å². The number of phenols is 2. The standard InChI is InChI=1S/C17H21NO3/c1-3-21-15-6-4-5-13(9-15)11-18-12(2)16-10-14(19)7-8-17(16)20/h4-10,12,18-20H,3,11H2,1-2H3. The van der Waals surface area contributed by atoms with E-state index in [1.165, 1.54) is 12.1 Å². The third kappa shape index (κ3) is 4.13. The number of hydrogen-bond acceptors (Lipinski definition) is 4. The van der Waals surface area contributed by atoms with E-state index < -0.39 is 0 Å². The number of nitrogens with one attached hydrogen (secondary N) is 1. The molecule has 0 aliphatic carbocycles. The molecule has 3 N–H and O–H groups in total. The summed E-state index contributed by atoms with van der Waals surface area (Å²) in [6, 6.07) is 12.4. The lowest BCUT2D eigenvalue weighted by Crippen LogP contribution is -2.18. The zero-order chi connectivity index (χ0) is 15.2. The molecule has 4 heteroatoms. The summed E-state index contributed by atoms with van der Waals surface area (Å²) in [6.07, 6.45) is 0. The van der Waals surface area contributed by atoms with Gasteiger partial charge in [-0.1, -0.05) is 12.1 Å². The highest BCUT2D eigenvalue weighted by Crippen LogP contribution is 2.28. The van der Waals surface area contributed by atoms with Gasteiger partial charge < -0.3 is 20.3 Å². The monoisotopic (exact) mass is 287 g/mol. The van der Waals surface area contributed by atoms with Gasteiger partial charge in [0.05, 0.1) is 6.61 Å². The van der Waals surface area contributed by atoms with Crippen molar-refractivity contribution in [3.05, 3.63) is 53.6 Å². The fraction of sp³-hybridized carbons (Fsp3) is 0.294. The normalized spacial score (nSPS) is 12.1. The van der Waals surface area contributed by atoms with E-state index in [1.54, 1.807) is 6.07 Å². The van der Waals surface area contributed by atoms with Gasteiger partial charge in [-0.3, -0.25) is 0 Å². The first-order valence-electron chi connectivity index (χ1n) is 7.07. The van der Waals surface area contributed by atoms with E-state index in [-0.39, 0.29) is 17.5 Å². The van der Waals surface area contributed by atoms with E-state index in [0.29, 0.717) is 18.7 Å². The molecule has 0 saturated heterocycles. The molecular formula is C17H21NO3. The van der Waals surface area contributed by atoms with Crippen LogP contribution in [0.15, 0.2) is 42.5 Å². The Balaban J connectivity index is 2.02. The molecule has 0 spiro atoms. The van der Waals surface area contributed by atoms with Crippen molar-refractivity contribution in [2.24, 2.45) is 0 Å². The first-order chi connectivity index (χ1) is 10.1. The van der Waals surface area contributed by atoms with Crippen LogP contribution in [0.1, 0.15) is 31.0 Å². The second kappa shape index (κ2) is 6.99. The molecule has 0 fully saturated rings. The molecule has 2 aromatic rings. The minimum atomic E-state index is -0.0761. The van der Waals surface area contributed by atoms with Gasteiger partial charge in [0.1, 0.15) is 17.2 Å². The predicted octanol–water partition coefficient (Wildman–Crippen LogP) is 3.35. The topological polar surface area (TPSA) is 61.7 Å². The zero-order valence-electron chi connectivity index (χ0n) is 12.3. The fourth-order valence-corrected chi connectivity index (χ4v) is 2.18. The van der Waals surface area contributed by atoms with Gasteiger partial charge in [0.2, 0.25) is 0 Å². The third-order valence-corrected chi connectivity index (χ3v) is 3.30. The largest absolute Gasteiger partial charge is 0.508 e. The van der Waals surface area contributed by atoms with Crippen LogP contribution in [0.25, 0.3) is 0 Å². The Hall–Kier alpha value is -2.20. The lowest BCUT2D eigenvalue weighted by Gasteiger charge is -2.16. The van der Waals surface area contributed by atoms with Crippen molar-refractivity contribution in [3.63, 3.8) is 0 Å². The van der Waals surface area contributed by atoms with Crippen molar-refractivity contribution in [2.75, 3.05) is 6.61 Å². The summed E-state index contributed by atoms with van der Waals surface area (Å²) in [7, 11) is 0. The van der Waals surface area contributed by atoms with E-state index >= 15 is 0 Å². The molecule has 0 radical (unpaired) electrons. The van der Waals surface area contributed by atoms with Gasteiger partial charge in [0.15, 0.2) is 0 Å². The van der Waals surface area contributed by atoms with Gasteiger partial charge in [0, 0.05) is 18.2 Å². The molecule has 112 valence electrons. The summed E-state index contributed by atoms with van der Waals surface area (Å²) in [5, 5.41) is 22.7. The highest BCUT2D eigenvalue weighted by atomic mass is 16.5. The second-order valence-corrected chi connectivity index (χ2v) is 4.93. The smallest absolute Gasteiger partial charge is 0.120 e. The molecule has 0 aliphatic heterocycles. The van der Waals surface area contributed by atoms with Crippen LogP contribution in [0, 0.1) is 0 Å². The quantitative estimate of drug-likeness (QED) is 0.713. The molecule has 2 aromatic carbocycles. The lowest BCUT2D eigenvalue weighted by molar-refractivity contribution is 0.339. The minimum Gasteiger partial charge on any atom is -0.508 e. The first kappa shape index (κ1) is 15.2. The van der Waals surface area contributed by atoms with Crippen LogP contribution in [-0.4, -0.2) is 16.8 Å². The highest BCUT2D eigenvalue weighted by Gasteiger charge is 2.11. The molecule has 0 saturated carbocycles. The SMILES string of the molecule is CCOc1cccc(CNC(C)c2cc(O)ccc2O)c1. The van der Waals surface area contributed by atoms with Gasteiger partial charge in [0.25, 0.3) is 0 Å². The van der Waals surface area contributed by atoms with Crippen molar-refractivity contribution in [1.82, 2.24) is 5.32 Å². The minimum absolute atomic E-state index is 0.0761. The lowest BCUT2D eigenvalue weighted by atomic mass is 10.1. The van der Waals surface area contributed by atoms with Crippen LogP contribution in [0.4, 0.5) is 0 Å². The Morgan fingerprint density at radius 2 is 1.95 bits per heavy atom. The number of aromatic hydroxyl groups is 2. The predicted molar refractivity (Wildman–Crippen MR) is 82.6 cm³/mol. The number of hydrogen-bond donors (Lipinski definition) is 3. The van der Waals surface area contributed by atoms with E-state index in [9.17, 15) is 10.2 Å². The highest BCUT2D eigenvalue weighted by molar-refractivity contribution is 5.40. The van der Waals surface area contributed by atoms with E-state index in [4.69, 9.17) is 4.74 Å². The van der Waals surface area contributed by atoms with Crippen LogP contribution in [-0.2, 0) is 6.54 Å². The molecule has 4 nitrogen and oxygen atoms in total. The summed E-state index contributed by atoms with van der Waals surface area (Å²) >= 11 is 0. The van der Waals surface area contributed by atoms with E-state index in [0.717, 1.165) is 11.3 Å². The van der Waals surface area contributed by atoms with E-state index in [2.05, 4.69) is 5.32 Å². The van der Waals surface area contributed by atoms with Gasteiger partial charge in [-0.15, -0.1) is 0 Å². The Morgan fingerprint density at radius 3 is 2.71 bits per heavy atom. The maximum absolute atomic E-state index is 9.85. The summed E-state index contributed by atoms with van der Waals surface area (Å²) in [4.78, 5) is 0. The molecule has 0 aliphatic rings. The maximum atomic E-state index is 9.85. The summed E-state index contributed by atoms with van der Waals surface area (Å²) in [5.41, 5.74) is 1.78. The molecule has 0 heterocycles. The number of rotatable bonds is 6. The first-order valence-corrected chi connectivity index (χ1v) is 7.07. The molecule has 1 unspecified atom stereocenters. The Labute approximate surface area is 125 Å². The number of phenolic OH excluding ortho intramolecular Hbond substituents is 2. The van der Waals surface area contributed by atoms with Crippen LogP contribution in [0.5, 0.6) is 17.2 Å². The van der Waals surface area contributed by atoms with Crippen LogP contribution >= 0.6 is 0 Å². The summed E-state index contributed by atoms with van der Waals surface area (Å²) in [6.45, 7) is 5.19. The fourth-order valence-electron chi connectivity index (χ4n) is 2.18. The average Bonchev–Trinajstić information content (AvgIpc) is 2.48. The van der Waals surface area contributed by atoms with Crippen molar-refractivity contribution >= 4 is 0 Å². The van der Waals surface area contributed by atoms with Crippen molar-refractivity contribution < 1.29 is 14.9 Å². The van der Waals surface area contributed by atoms with Gasteiger partial charge in [-0.05, 0) is 49.7 Å². The average molecular weight is 287 g/mol. The molecule has 21 heavy (non-hydrogen) atoms. The third-order valence-electron chi connectivity index (χ3n) is 3.30. The zero-order valence-corrected chi connectivity index (χ0v) is 12.3. The van der Waals surface area contributed by atoms with Crippen molar-refractivity contribution in [3.8, 4) is 17.2 Å². The second-order valence-electron chi connectivity index (χ2n) is 4.93. The molecule has 2 rings (SSSR count). The van der Waals surface area contributed by atoms with Crippen LogP contribution in [0.3, 0.4) is 0 Å². The maximum Gasteiger partial charge on any atom is 0.120 e. The van der Waals surface area contributed by atoms with Crippen LogP contribution < -0.4 is 10.1 Å². The summed E-state index contributed by atoms with van der Waals surface area (Å²) < 4.78 is 5.47. The van der Waals surface area contributed by atoms with Crippen LogP contribution in [0.2, 0.25) is 0 Å². The Bertz CT molecular complexity index is 598. The van der Waals surface area contributed by atoms with Gasteiger partial charge in [-0.2, -0.15) is 0 Å². The number of benzene rings is 2. The summed E-state index contributed by atoms with van der Waals surface area (Å²) in [5.74, 6) is 1.18. The molecular weight excluding hydrogens is 266 g/mol. The molecule has 0 aromatic heterocycles. The molecule has 0 amide bonds.